The summed E-state index contributed by atoms with van der Waals surface area (Å²) in [7, 11) is 0. The summed E-state index contributed by atoms with van der Waals surface area (Å²) in [5, 5.41) is 2.78. The Morgan fingerprint density at radius 1 is 1.25 bits per heavy atom. The zero-order valence-corrected chi connectivity index (χ0v) is 12.7. The van der Waals surface area contributed by atoms with Crippen molar-refractivity contribution in [2.75, 3.05) is 0 Å². The summed E-state index contributed by atoms with van der Waals surface area (Å²) in [5.41, 5.74) is 5.10. The number of pyridine rings is 1. The molecule has 2 aromatic rings. The van der Waals surface area contributed by atoms with E-state index in [-0.39, 0.29) is 10.9 Å². The lowest BCUT2D eigenvalue weighted by molar-refractivity contribution is -0.122. The Kier molecular flexibility index (Phi) is 4.16. The molecule has 3 rings (SSSR count). The minimum atomic E-state index is -0.617. The van der Waals surface area contributed by atoms with Gasteiger partial charge < -0.3 is 16.0 Å². The van der Waals surface area contributed by atoms with Gasteiger partial charge >= 0.3 is 0 Å². The molecule has 1 aliphatic carbocycles. The molecule has 1 aliphatic rings. The third kappa shape index (κ3) is 2.92. The van der Waals surface area contributed by atoms with Crippen LogP contribution in [0.15, 0.2) is 41.3 Å². The van der Waals surface area contributed by atoms with Crippen LogP contribution < -0.4 is 16.5 Å². The standard InChI is InChI=1S/C17H16FN3O3/c18-9-5-6-13-11(7-9)15(22)12(8-20-13)17(24)21-14-4-2-1-3-10(14)16(19)23/h1-2,5-8,10,14H,3-4H2,(H2,19,23)(H,20,22)(H,21,24)/t10-,14-/m1/s1. The summed E-state index contributed by atoms with van der Waals surface area (Å²) >= 11 is 0. The lowest BCUT2D eigenvalue weighted by atomic mass is 9.88. The zero-order chi connectivity index (χ0) is 17.3. The van der Waals surface area contributed by atoms with E-state index in [1.165, 1.54) is 18.3 Å². The van der Waals surface area contributed by atoms with Gasteiger partial charge in [-0.3, -0.25) is 14.4 Å². The molecule has 24 heavy (non-hydrogen) atoms. The second-order valence-corrected chi connectivity index (χ2v) is 5.75. The quantitative estimate of drug-likeness (QED) is 0.737. The average Bonchev–Trinajstić information content (AvgIpc) is 2.56. The van der Waals surface area contributed by atoms with Crippen molar-refractivity contribution < 1.29 is 14.0 Å². The molecule has 124 valence electrons. The number of nitrogens with one attached hydrogen (secondary N) is 2. The minimum absolute atomic E-state index is 0.0950. The van der Waals surface area contributed by atoms with Gasteiger partial charge in [0.1, 0.15) is 11.4 Å². The average molecular weight is 329 g/mol. The highest BCUT2D eigenvalue weighted by molar-refractivity contribution is 5.97. The number of rotatable bonds is 3. The number of carbonyl (C=O) groups excluding carboxylic acids is 2. The van der Waals surface area contributed by atoms with E-state index in [1.807, 2.05) is 12.2 Å². The molecule has 0 saturated carbocycles. The van der Waals surface area contributed by atoms with Crippen molar-refractivity contribution in [3.05, 3.63) is 58.2 Å². The maximum Gasteiger partial charge on any atom is 0.257 e. The van der Waals surface area contributed by atoms with Crippen molar-refractivity contribution in [1.29, 1.82) is 0 Å². The number of aromatic amines is 1. The molecule has 0 radical (unpaired) electrons. The Labute approximate surface area is 136 Å². The van der Waals surface area contributed by atoms with Gasteiger partial charge in [0, 0.05) is 23.1 Å². The predicted molar refractivity (Wildman–Crippen MR) is 86.8 cm³/mol. The van der Waals surface area contributed by atoms with Gasteiger partial charge in [-0.2, -0.15) is 0 Å². The van der Waals surface area contributed by atoms with Crippen molar-refractivity contribution >= 4 is 22.7 Å². The first-order chi connectivity index (χ1) is 11.5. The monoisotopic (exact) mass is 329 g/mol. The van der Waals surface area contributed by atoms with E-state index in [2.05, 4.69) is 10.3 Å². The van der Waals surface area contributed by atoms with E-state index in [1.54, 1.807) is 0 Å². The molecule has 6 nitrogen and oxygen atoms in total. The van der Waals surface area contributed by atoms with Gasteiger partial charge in [-0.15, -0.1) is 0 Å². The Balaban J connectivity index is 1.91. The van der Waals surface area contributed by atoms with E-state index in [4.69, 9.17) is 5.73 Å². The SMILES string of the molecule is NC(=O)[C@@H]1CC=CC[C@H]1NC(=O)c1c[nH]c2ccc(F)cc2c1=O. The lowest BCUT2D eigenvalue weighted by Crippen LogP contribution is -2.47. The number of halogens is 1. The van der Waals surface area contributed by atoms with Gasteiger partial charge in [0.05, 0.1) is 5.92 Å². The highest BCUT2D eigenvalue weighted by Gasteiger charge is 2.29. The van der Waals surface area contributed by atoms with Crippen LogP contribution in [0.4, 0.5) is 4.39 Å². The summed E-state index contributed by atoms with van der Waals surface area (Å²) in [4.78, 5) is 39.2. The van der Waals surface area contributed by atoms with Crippen LogP contribution in [0.25, 0.3) is 10.9 Å². The topological polar surface area (TPSA) is 105 Å². The van der Waals surface area contributed by atoms with Crippen molar-refractivity contribution in [2.45, 2.75) is 18.9 Å². The predicted octanol–water partition coefficient (Wildman–Crippen LogP) is 1.22. The number of aromatic nitrogens is 1. The Bertz CT molecular complexity index is 904. The second-order valence-electron chi connectivity index (χ2n) is 5.75. The molecular formula is C17H16FN3O3. The summed E-state index contributed by atoms with van der Waals surface area (Å²) in [6.45, 7) is 0. The van der Waals surface area contributed by atoms with Gasteiger partial charge in [0.25, 0.3) is 5.91 Å². The molecular weight excluding hydrogens is 313 g/mol. The fraction of sp³-hybridized carbons (Fsp3) is 0.235. The summed E-state index contributed by atoms with van der Waals surface area (Å²) in [5.74, 6) is -2.19. The molecule has 0 aliphatic heterocycles. The molecule has 2 atom stereocenters. The van der Waals surface area contributed by atoms with Crippen LogP contribution in [0.1, 0.15) is 23.2 Å². The third-order valence-electron chi connectivity index (χ3n) is 4.20. The minimum Gasteiger partial charge on any atom is -0.369 e. The van der Waals surface area contributed by atoms with Crippen LogP contribution in [0, 0.1) is 11.7 Å². The number of allylic oxidation sites excluding steroid dienone is 1. The Hall–Kier alpha value is -2.96. The smallest absolute Gasteiger partial charge is 0.257 e. The summed E-state index contributed by atoms with van der Waals surface area (Å²) < 4.78 is 13.3. The van der Waals surface area contributed by atoms with E-state index in [0.717, 1.165) is 6.07 Å². The van der Waals surface area contributed by atoms with Crippen LogP contribution in [0.5, 0.6) is 0 Å². The molecule has 1 aromatic carbocycles. The fourth-order valence-corrected chi connectivity index (χ4v) is 2.89. The van der Waals surface area contributed by atoms with Crippen molar-refractivity contribution in [3.63, 3.8) is 0 Å². The van der Waals surface area contributed by atoms with Crippen molar-refractivity contribution in [2.24, 2.45) is 11.7 Å². The number of hydrogen-bond donors (Lipinski definition) is 3. The van der Waals surface area contributed by atoms with Gasteiger partial charge in [-0.1, -0.05) is 12.2 Å². The van der Waals surface area contributed by atoms with Crippen LogP contribution in [0.2, 0.25) is 0 Å². The number of amides is 2. The first-order valence-corrected chi connectivity index (χ1v) is 7.53. The third-order valence-corrected chi connectivity index (χ3v) is 4.20. The Morgan fingerprint density at radius 3 is 2.75 bits per heavy atom. The first kappa shape index (κ1) is 15.9. The molecule has 0 unspecified atom stereocenters. The molecule has 1 heterocycles. The van der Waals surface area contributed by atoms with Crippen LogP contribution in [-0.4, -0.2) is 22.8 Å². The van der Waals surface area contributed by atoms with Crippen molar-refractivity contribution in [3.8, 4) is 0 Å². The number of hydrogen-bond acceptors (Lipinski definition) is 3. The molecule has 2 amide bonds. The van der Waals surface area contributed by atoms with E-state index in [9.17, 15) is 18.8 Å². The zero-order valence-electron chi connectivity index (χ0n) is 12.7. The van der Waals surface area contributed by atoms with Gasteiger partial charge in [0.15, 0.2) is 0 Å². The van der Waals surface area contributed by atoms with E-state index in [0.29, 0.717) is 18.4 Å². The molecule has 4 N–H and O–H groups in total. The van der Waals surface area contributed by atoms with Gasteiger partial charge in [-0.25, -0.2) is 4.39 Å². The number of nitrogens with two attached hydrogens (primary N) is 1. The van der Waals surface area contributed by atoms with Gasteiger partial charge in [-0.05, 0) is 31.0 Å². The molecule has 0 fully saturated rings. The normalized spacial score (nSPS) is 20.0. The Morgan fingerprint density at radius 2 is 2.00 bits per heavy atom. The number of H-pyrrole nitrogens is 1. The molecule has 0 bridgehead atoms. The highest BCUT2D eigenvalue weighted by atomic mass is 19.1. The number of primary amides is 1. The summed E-state index contributed by atoms with van der Waals surface area (Å²) in [6, 6.07) is 3.27. The maximum atomic E-state index is 13.3. The number of carbonyl (C=O) groups is 2. The lowest BCUT2D eigenvalue weighted by Gasteiger charge is -2.26. The van der Waals surface area contributed by atoms with E-state index >= 15 is 0 Å². The molecule has 7 heteroatoms. The molecule has 0 spiro atoms. The first-order valence-electron chi connectivity index (χ1n) is 7.53. The largest absolute Gasteiger partial charge is 0.369 e. The van der Waals surface area contributed by atoms with Crippen LogP contribution in [0.3, 0.4) is 0 Å². The summed E-state index contributed by atoms with van der Waals surface area (Å²) in [6.07, 6.45) is 5.88. The highest BCUT2D eigenvalue weighted by Crippen LogP contribution is 2.19. The van der Waals surface area contributed by atoms with Crippen LogP contribution >= 0.6 is 0 Å². The number of fused-ring (bicyclic) bond motifs is 1. The van der Waals surface area contributed by atoms with Crippen molar-refractivity contribution in [1.82, 2.24) is 10.3 Å². The van der Waals surface area contributed by atoms with Gasteiger partial charge in [0.2, 0.25) is 11.3 Å². The maximum absolute atomic E-state index is 13.3. The second kappa shape index (κ2) is 6.27. The van der Waals surface area contributed by atoms with E-state index < -0.39 is 35.0 Å². The van der Waals surface area contributed by atoms with Crippen LogP contribution in [-0.2, 0) is 4.79 Å². The number of benzene rings is 1. The molecule has 1 aromatic heterocycles. The molecule has 0 saturated heterocycles. The fourth-order valence-electron chi connectivity index (χ4n) is 2.89.